The van der Waals surface area contributed by atoms with Crippen LogP contribution in [0.2, 0.25) is 0 Å². The third-order valence-electron chi connectivity index (χ3n) is 2.61. The van der Waals surface area contributed by atoms with Crippen LogP contribution in [0.1, 0.15) is 13.8 Å². The normalized spacial score (nSPS) is 28.1. The summed E-state index contributed by atoms with van der Waals surface area (Å²) in [6.07, 6.45) is 0. The van der Waals surface area contributed by atoms with Crippen LogP contribution in [0.3, 0.4) is 0 Å². The summed E-state index contributed by atoms with van der Waals surface area (Å²) in [5, 5.41) is 1.78. The van der Waals surface area contributed by atoms with Crippen LogP contribution in [-0.2, 0) is 14.8 Å². The molecule has 1 aromatic heterocycles. The molecule has 2 rings (SSSR count). The second kappa shape index (κ2) is 4.44. The van der Waals surface area contributed by atoms with Crippen LogP contribution in [0.25, 0.3) is 0 Å². The number of hydrogen-bond donors (Lipinski definition) is 0. The van der Waals surface area contributed by atoms with Gasteiger partial charge >= 0.3 is 0 Å². The lowest BCUT2D eigenvalue weighted by Gasteiger charge is -2.37. The van der Waals surface area contributed by atoms with Gasteiger partial charge in [-0.15, -0.1) is 11.3 Å². The molecule has 0 saturated carbocycles. The summed E-state index contributed by atoms with van der Waals surface area (Å²) in [5.41, 5.74) is 0. The van der Waals surface area contributed by atoms with E-state index in [1.807, 2.05) is 13.8 Å². The largest absolute Gasteiger partial charge is 0.378 e. The quantitative estimate of drug-likeness (QED) is 0.811. The molecule has 4 nitrogen and oxygen atoms in total. The van der Waals surface area contributed by atoms with E-state index in [2.05, 4.69) is 0 Å². The fourth-order valence-electron chi connectivity index (χ4n) is 1.98. The standard InChI is InChI=1S/C10H15NO3S2/c1-8-6-14-7-9(2)11(8)16(12,13)10-4-3-5-15-10/h3-5,8-9H,6-7H2,1-2H3. The Balaban J connectivity index is 2.36. The Labute approximate surface area is 99.9 Å². The zero-order valence-corrected chi connectivity index (χ0v) is 10.9. The number of hydrogen-bond acceptors (Lipinski definition) is 4. The predicted molar refractivity (Wildman–Crippen MR) is 63.1 cm³/mol. The number of sulfonamides is 1. The average molecular weight is 261 g/mol. The summed E-state index contributed by atoms with van der Waals surface area (Å²) < 4.78 is 32.0. The van der Waals surface area contributed by atoms with Crippen molar-refractivity contribution in [2.24, 2.45) is 0 Å². The van der Waals surface area contributed by atoms with Crippen molar-refractivity contribution in [3.8, 4) is 0 Å². The van der Waals surface area contributed by atoms with Gasteiger partial charge in [-0.25, -0.2) is 8.42 Å². The number of rotatable bonds is 2. The van der Waals surface area contributed by atoms with E-state index < -0.39 is 10.0 Å². The number of morpholine rings is 1. The van der Waals surface area contributed by atoms with E-state index in [4.69, 9.17) is 4.74 Å². The van der Waals surface area contributed by atoms with E-state index in [1.54, 1.807) is 21.8 Å². The molecule has 0 amide bonds. The van der Waals surface area contributed by atoms with Crippen molar-refractivity contribution in [2.75, 3.05) is 13.2 Å². The van der Waals surface area contributed by atoms with Crippen LogP contribution in [0.4, 0.5) is 0 Å². The maximum absolute atomic E-state index is 12.3. The van der Waals surface area contributed by atoms with Gasteiger partial charge in [0.25, 0.3) is 10.0 Å². The molecule has 1 aliphatic heterocycles. The van der Waals surface area contributed by atoms with Gasteiger partial charge in [0.1, 0.15) is 4.21 Å². The van der Waals surface area contributed by atoms with Crippen LogP contribution in [0.5, 0.6) is 0 Å². The van der Waals surface area contributed by atoms with Gasteiger partial charge in [-0.05, 0) is 25.3 Å². The first-order valence-electron chi connectivity index (χ1n) is 5.18. The number of ether oxygens (including phenoxy) is 1. The molecule has 1 fully saturated rings. The van der Waals surface area contributed by atoms with Crippen LogP contribution in [-0.4, -0.2) is 38.0 Å². The van der Waals surface area contributed by atoms with Gasteiger partial charge in [0.2, 0.25) is 0 Å². The molecule has 0 bridgehead atoms. The van der Waals surface area contributed by atoms with Crippen molar-refractivity contribution in [2.45, 2.75) is 30.1 Å². The summed E-state index contributed by atoms with van der Waals surface area (Å²) in [4.78, 5) is 0. The lowest BCUT2D eigenvalue weighted by Crippen LogP contribution is -2.52. The van der Waals surface area contributed by atoms with Gasteiger partial charge in [0.05, 0.1) is 13.2 Å². The lowest BCUT2D eigenvalue weighted by molar-refractivity contribution is 0.00645. The molecule has 2 heterocycles. The molecular formula is C10H15NO3S2. The molecule has 0 N–H and O–H groups in total. The molecule has 0 radical (unpaired) electrons. The third-order valence-corrected chi connectivity index (χ3v) is 6.12. The van der Waals surface area contributed by atoms with Crippen molar-refractivity contribution >= 4 is 21.4 Å². The van der Waals surface area contributed by atoms with Crippen LogP contribution in [0.15, 0.2) is 21.7 Å². The van der Waals surface area contributed by atoms with E-state index in [9.17, 15) is 8.42 Å². The van der Waals surface area contributed by atoms with E-state index >= 15 is 0 Å². The summed E-state index contributed by atoms with van der Waals surface area (Å²) in [6.45, 7) is 4.69. The molecule has 1 aromatic rings. The van der Waals surface area contributed by atoms with Crippen molar-refractivity contribution < 1.29 is 13.2 Å². The summed E-state index contributed by atoms with van der Waals surface area (Å²) >= 11 is 1.26. The third kappa shape index (κ3) is 2.02. The Kier molecular flexibility index (Phi) is 3.34. The van der Waals surface area contributed by atoms with Gasteiger partial charge in [-0.2, -0.15) is 4.31 Å². The van der Waals surface area contributed by atoms with E-state index in [1.165, 1.54) is 11.3 Å². The molecule has 90 valence electrons. The van der Waals surface area contributed by atoms with Gasteiger partial charge in [0.15, 0.2) is 0 Å². The zero-order chi connectivity index (χ0) is 11.8. The molecule has 2 atom stereocenters. The van der Waals surface area contributed by atoms with Gasteiger partial charge in [0, 0.05) is 12.1 Å². The highest BCUT2D eigenvalue weighted by atomic mass is 32.2. The van der Waals surface area contributed by atoms with Crippen LogP contribution < -0.4 is 0 Å². The van der Waals surface area contributed by atoms with E-state index in [0.29, 0.717) is 17.4 Å². The second-order valence-electron chi connectivity index (χ2n) is 4.00. The lowest BCUT2D eigenvalue weighted by atomic mass is 10.2. The molecule has 6 heteroatoms. The Hall–Kier alpha value is -0.430. The first kappa shape index (κ1) is 12.0. The fourth-order valence-corrected chi connectivity index (χ4v) is 4.87. The second-order valence-corrected chi connectivity index (χ2v) is 7.02. The number of nitrogens with zero attached hydrogens (tertiary/aromatic N) is 1. The predicted octanol–water partition coefficient (Wildman–Crippen LogP) is 1.55. The van der Waals surface area contributed by atoms with Crippen molar-refractivity contribution in [1.29, 1.82) is 0 Å². The molecular weight excluding hydrogens is 246 g/mol. The molecule has 2 unspecified atom stereocenters. The smallest absolute Gasteiger partial charge is 0.253 e. The summed E-state index contributed by atoms with van der Waals surface area (Å²) in [5.74, 6) is 0. The Morgan fingerprint density at radius 1 is 1.38 bits per heavy atom. The molecule has 16 heavy (non-hydrogen) atoms. The highest BCUT2D eigenvalue weighted by molar-refractivity contribution is 7.91. The molecule has 1 saturated heterocycles. The van der Waals surface area contributed by atoms with Crippen molar-refractivity contribution in [3.63, 3.8) is 0 Å². The molecule has 0 aromatic carbocycles. The Morgan fingerprint density at radius 3 is 2.50 bits per heavy atom. The zero-order valence-electron chi connectivity index (χ0n) is 9.29. The van der Waals surface area contributed by atoms with Gasteiger partial charge in [-0.3, -0.25) is 0 Å². The molecule has 0 spiro atoms. The summed E-state index contributed by atoms with van der Waals surface area (Å²) in [6, 6.07) is 3.20. The van der Waals surface area contributed by atoms with Gasteiger partial charge < -0.3 is 4.74 Å². The monoisotopic (exact) mass is 261 g/mol. The van der Waals surface area contributed by atoms with E-state index in [0.717, 1.165) is 0 Å². The average Bonchev–Trinajstić information content (AvgIpc) is 2.69. The minimum Gasteiger partial charge on any atom is -0.378 e. The van der Waals surface area contributed by atoms with Gasteiger partial charge in [-0.1, -0.05) is 6.07 Å². The maximum atomic E-state index is 12.3. The highest BCUT2D eigenvalue weighted by Crippen LogP contribution is 2.26. The minimum atomic E-state index is -3.35. The van der Waals surface area contributed by atoms with Crippen LogP contribution in [0, 0.1) is 0 Å². The summed E-state index contributed by atoms with van der Waals surface area (Å²) in [7, 11) is -3.35. The first-order valence-corrected chi connectivity index (χ1v) is 7.50. The Bertz CT molecular complexity index is 431. The van der Waals surface area contributed by atoms with Crippen molar-refractivity contribution in [1.82, 2.24) is 4.31 Å². The SMILES string of the molecule is CC1COCC(C)N1S(=O)(=O)c1cccs1. The fraction of sp³-hybridized carbons (Fsp3) is 0.600. The molecule has 1 aliphatic rings. The van der Waals surface area contributed by atoms with E-state index in [-0.39, 0.29) is 12.1 Å². The highest BCUT2D eigenvalue weighted by Gasteiger charge is 2.36. The minimum absolute atomic E-state index is 0.101. The Morgan fingerprint density at radius 2 is 2.00 bits per heavy atom. The topological polar surface area (TPSA) is 46.6 Å². The van der Waals surface area contributed by atoms with Crippen molar-refractivity contribution in [3.05, 3.63) is 17.5 Å². The molecule has 0 aliphatic carbocycles. The number of thiophene rings is 1. The maximum Gasteiger partial charge on any atom is 0.253 e. The van der Waals surface area contributed by atoms with Crippen LogP contribution >= 0.6 is 11.3 Å². The first-order chi connectivity index (χ1) is 7.53.